The molecule has 0 amide bonds. The lowest BCUT2D eigenvalue weighted by molar-refractivity contribution is 0.343. The highest BCUT2D eigenvalue weighted by Crippen LogP contribution is 2.38. The van der Waals surface area contributed by atoms with E-state index in [1.807, 2.05) is 0 Å². The van der Waals surface area contributed by atoms with E-state index < -0.39 is 0 Å². The van der Waals surface area contributed by atoms with E-state index in [9.17, 15) is 0 Å². The molecule has 0 spiro atoms. The lowest BCUT2D eigenvalue weighted by Gasteiger charge is -2.28. The largest absolute Gasteiger partial charge is 0.0776 e. The fraction of sp³-hybridized carbons (Fsp3) is 0.529. The van der Waals surface area contributed by atoms with Crippen LogP contribution in [0.1, 0.15) is 145 Å². The lowest BCUT2D eigenvalue weighted by atomic mass is 9.77. The molecule has 3 unspecified atom stereocenters. The van der Waals surface area contributed by atoms with Crippen LogP contribution < -0.4 is 0 Å². The molecule has 4 aliphatic carbocycles. The van der Waals surface area contributed by atoms with Crippen molar-refractivity contribution < 1.29 is 0 Å². The van der Waals surface area contributed by atoms with Crippen molar-refractivity contribution in [3.63, 3.8) is 0 Å². The minimum atomic E-state index is 0. The molecule has 0 nitrogen and oxygen atoms in total. The Morgan fingerprint density at radius 2 is 0.745 bits per heavy atom. The summed E-state index contributed by atoms with van der Waals surface area (Å²) >= 11 is 0. The highest BCUT2D eigenvalue weighted by atomic mass is 14.3. The van der Waals surface area contributed by atoms with Crippen LogP contribution in [0.2, 0.25) is 0 Å². The van der Waals surface area contributed by atoms with Gasteiger partial charge in [-0.25, -0.2) is 0 Å². The summed E-state index contributed by atoms with van der Waals surface area (Å²) < 4.78 is 0. The van der Waals surface area contributed by atoms with Gasteiger partial charge in [0, 0.05) is 0 Å². The smallest absolute Gasteiger partial charge is 0.0133 e. The number of hydrogen-bond donors (Lipinski definition) is 0. The van der Waals surface area contributed by atoms with E-state index in [0.717, 1.165) is 47.3 Å². The van der Waals surface area contributed by atoms with Gasteiger partial charge >= 0.3 is 0 Å². The van der Waals surface area contributed by atoms with Crippen LogP contribution in [0.4, 0.5) is 0 Å². The predicted molar refractivity (Wildman–Crippen MR) is 225 cm³/mol. The number of benzene rings is 4. The van der Waals surface area contributed by atoms with E-state index in [0.29, 0.717) is 0 Å². The first-order valence-corrected chi connectivity index (χ1v) is 20.4. The summed E-state index contributed by atoms with van der Waals surface area (Å²) in [6.07, 6.45) is 13.3. The van der Waals surface area contributed by atoms with Gasteiger partial charge in [-0.2, -0.15) is 0 Å². The molecule has 4 aromatic rings. The zero-order valence-electron chi connectivity index (χ0n) is 32.9. The molecule has 0 saturated carbocycles. The fourth-order valence-corrected chi connectivity index (χ4v) is 9.13. The SMILES string of the molecule is C.CC(C)C1CCCc2ccccc21.CC(C)C1CCc2ccccc21.CC(C)C1CCc2ccccc2C1.CC(C)C1Cc2ccccc2C1. The van der Waals surface area contributed by atoms with Crippen molar-refractivity contribution in [2.24, 2.45) is 35.5 Å². The maximum Gasteiger partial charge on any atom is -0.0133 e. The van der Waals surface area contributed by atoms with Crippen LogP contribution in [-0.4, -0.2) is 0 Å². The Kier molecular flexibility index (Phi) is 15.7. The first-order chi connectivity index (χ1) is 24.1. The molecule has 0 heteroatoms. The Balaban J connectivity index is 0.000000152. The van der Waals surface area contributed by atoms with Crippen LogP contribution in [0, 0.1) is 35.5 Å². The molecule has 0 aliphatic heterocycles. The Labute approximate surface area is 314 Å². The van der Waals surface area contributed by atoms with Crippen molar-refractivity contribution in [3.05, 3.63) is 142 Å². The standard InChI is InChI=1S/2C13H18.2C12H16.CH4/c1-10(2)12-9-5-7-11-6-3-4-8-13(11)12;1-10(2)12-8-7-11-5-3-4-6-13(11)9-12;1-9(2)12-7-10-5-3-4-6-11(10)8-12;1-9(2)11-8-7-10-5-3-4-6-12(10)11;/h3-4,6,8,10,12H,5,7,9H2,1-2H3;3-6,10,12H,7-9H2,1-2H3;3-6,9,12H,7-8H2,1-2H3;3-6,9,11H,7-8H2,1-2H3;1H4. The molecule has 3 atom stereocenters. The monoisotopic (exact) mass is 685 g/mol. The minimum absolute atomic E-state index is 0. The third-order valence-electron chi connectivity index (χ3n) is 12.6. The number of aryl methyl sites for hydroxylation is 3. The van der Waals surface area contributed by atoms with Crippen molar-refractivity contribution in [1.82, 2.24) is 0 Å². The van der Waals surface area contributed by atoms with Crippen LogP contribution in [-0.2, 0) is 38.5 Å². The summed E-state index contributed by atoms with van der Waals surface area (Å²) in [7, 11) is 0. The first kappa shape index (κ1) is 40.6. The van der Waals surface area contributed by atoms with Gasteiger partial charge < -0.3 is 0 Å². The van der Waals surface area contributed by atoms with E-state index in [1.54, 1.807) is 44.5 Å². The third kappa shape index (κ3) is 10.9. The topological polar surface area (TPSA) is 0 Å². The molecule has 4 aromatic carbocycles. The maximum atomic E-state index is 2.35. The summed E-state index contributed by atoms with van der Waals surface area (Å²) in [5.41, 5.74) is 12.7. The van der Waals surface area contributed by atoms with E-state index in [2.05, 4.69) is 152 Å². The van der Waals surface area contributed by atoms with E-state index in [-0.39, 0.29) is 7.43 Å². The zero-order valence-corrected chi connectivity index (χ0v) is 32.9. The molecule has 276 valence electrons. The second-order valence-corrected chi connectivity index (χ2v) is 17.2. The van der Waals surface area contributed by atoms with Gasteiger partial charge in [-0.1, -0.05) is 160 Å². The first-order valence-electron chi connectivity index (χ1n) is 20.4. The lowest BCUT2D eigenvalue weighted by Crippen LogP contribution is -2.18. The van der Waals surface area contributed by atoms with Crippen LogP contribution in [0.3, 0.4) is 0 Å². The van der Waals surface area contributed by atoms with Gasteiger partial charge in [0.15, 0.2) is 0 Å². The van der Waals surface area contributed by atoms with Gasteiger partial charge in [-0.3, -0.25) is 0 Å². The highest BCUT2D eigenvalue weighted by molar-refractivity contribution is 5.36. The van der Waals surface area contributed by atoms with Crippen molar-refractivity contribution in [2.75, 3.05) is 0 Å². The van der Waals surface area contributed by atoms with Crippen molar-refractivity contribution >= 4 is 0 Å². The van der Waals surface area contributed by atoms with E-state index in [1.165, 1.54) is 64.2 Å². The van der Waals surface area contributed by atoms with Gasteiger partial charge in [0.25, 0.3) is 0 Å². The highest BCUT2D eigenvalue weighted by Gasteiger charge is 2.25. The van der Waals surface area contributed by atoms with Gasteiger partial charge in [0.1, 0.15) is 0 Å². The van der Waals surface area contributed by atoms with E-state index >= 15 is 0 Å². The van der Waals surface area contributed by atoms with Crippen LogP contribution in [0.5, 0.6) is 0 Å². The van der Waals surface area contributed by atoms with Gasteiger partial charge in [-0.15, -0.1) is 0 Å². The molecular formula is C51H72. The van der Waals surface area contributed by atoms with Crippen LogP contribution in [0.15, 0.2) is 97.1 Å². The molecule has 0 bridgehead atoms. The Bertz CT molecular complexity index is 1580. The number of rotatable bonds is 4. The molecule has 0 radical (unpaired) electrons. The molecule has 4 aliphatic rings. The van der Waals surface area contributed by atoms with E-state index in [4.69, 9.17) is 0 Å². The molecule has 0 aromatic heterocycles. The van der Waals surface area contributed by atoms with Gasteiger partial charge in [0.05, 0.1) is 0 Å². The third-order valence-corrected chi connectivity index (χ3v) is 12.6. The average molecular weight is 685 g/mol. The summed E-state index contributed by atoms with van der Waals surface area (Å²) in [4.78, 5) is 0. The molecule has 0 N–H and O–H groups in total. The molecule has 0 heterocycles. The van der Waals surface area contributed by atoms with Crippen LogP contribution in [0.25, 0.3) is 0 Å². The maximum absolute atomic E-state index is 2.35. The normalized spacial score (nSPS) is 20.0. The second kappa shape index (κ2) is 19.6. The molecule has 0 saturated heterocycles. The average Bonchev–Trinajstić information content (AvgIpc) is 3.77. The molecule has 8 rings (SSSR count). The predicted octanol–water partition coefficient (Wildman–Crippen LogP) is 14.3. The second-order valence-electron chi connectivity index (χ2n) is 17.2. The zero-order chi connectivity index (χ0) is 35.6. The number of hydrogen-bond acceptors (Lipinski definition) is 0. The van der Waals surface area contributed by atoms with Crippen LogP contribution >= 0.6 is 0 Å². The van der Waals surface area contributed by atoms with Crippen molar-refractivity contribution in [2.45, 2.75) is 139 Å². The Morgan fingerprint density at radius 3 is 1.24 bits per heavy atom. The summed E-state index contributed by atoms with van der Waals surface area (Å²) in [6, 6.07) is 35.6. The van der Waals surface area contributed by atoms with Gasteiger partial charge in [0.2, 0.25) is 0 Å². The molecule has 0 fully saturated rings. The van der Waals surface area contributed by atoms with Crippen molar-refractivity contribution in [3.8, 4) is 0 Å². The fourth-order valence-electron chi connectivity index (χ4n) is 9.13. The van der Waals surface area contributed by atoms with Gasteiger partial charge in [-0.05, 0) is 156 Å². The Hall–Kier alpha value is -3.12. The minimum Gasteiger partial charge on any atom is -0.0776 e. The Morgan fingerprint density at radius 1 is 0.373 bits per heavy atom. The quantitative estimate of drug-likeness (QED) is 0.201. The van der Waals surface area contributed by atoms with Crippen molar-refractivity contribution in [1.29, 1.82) is 0 Å². The summed E-state index contributed by atoms with van der Waals surface area (Å²) in [6.45, 7) is 18.7. The summed E-state index contributed by atoms with van der Waals surface area (Å²) in [5.74, 6) is 6.70. The molecular weight excluding hydrogens is 613 g/mol. The summed E-state index contributed by atoms with van der Waals surface area (Å²) in [5, 5.41) is 0. The number of fused-ring (bicyclic) bond motifs is 4. The molecule has 51 heavy (non-hydrogen) atoms.